The fraction of sp³-hybridized carbons (Fsp3) is 0.500. The zero-order valence-corrected chi connectivity index (χ0v) is 17.9. The van der Waals surface area contributed by atoms with Crippen LogP contribution in [-0.4, -0.2) is 21.2 Å². The van der Waals surface area contributed by atoms with E-state index < -0.39 is 17.7 Å². The summed E-state index contributed by atoms with van der Waals surface area (Å²) in [5, 5.41) is 2.91. The number of amides is 1. The molecule has 1 atom stereocenters. The molecule has 1 aromatic carbocycles. The number of hydrogen-bond donors (Lipinski definition) is 1. The van der Waals surface area contributed by atoms with Crippen LogP contribution in [0.5, 0.6) is 0 Å². The van der Waals surface area contributed by atoms with E-state index in [0.29, 0.717) is 23.6 Å². The van der Waals surface area contributed by atoms with Crippen molar-refractivity contribution in [3.8, 4) is 0 Å². The first-order chi connectivity index (χ1) is 13.0. The average Bonchev–Trinajstić information content (AvgIpc) is 2.59. The SMILES string of the molecule is Cc1nc(C(NC(=O)OC(C)(C)C)C(C)C)n(Cc2ccccc2)c(=O)c1C. The monoisotopic (exact) mass is 385 g/mol. The van der Waals surface area contributed by atoms with Crippen molar-refractivity contribution in [2.45, 2.75) is 66.7 Å². The molecule has 0 radical (unpaired) electrons. The summed E-state index contributed by atoms with van der Waals surface area (Å²) in [5.41, 5.74) is 1.57. The minimum atomic E-state index is -0.605. The van der Waals surface area contributed by atoms with E-state index in [9.17, 15) is 9.59 Å². The maximum Gasteiger partial charge on any atom is 0.408 e. The van der Waals surface area contributed by atoms with Gasteiger partial charge in [-0.05, 0) is 46.1 Å². The van der Waals surface area contributed by atoms with E-state index in [2.05, 4.69) is 5.32 Å². The van der Waals surface area contributed by atoms with Gasteiger partial charge in [0.25, 0.3) is 5.56 Å². The fourth-order valence-electron chi connectivity index (χ4n) is 2.90. The number of aromatic nitrogens is 2. The molecule has 0 fully saturated rings. The second kappa shape index (κ2) is 8.59. The zero-order valence-electron chi connectivity index (χ0n) is 17.9. The van der Waals surface area contributed by atoms with Crippen LogP contribution in [0.1, 0.15) is 63.3 Å². The Kier molecular flexibility index (Phi) is 6.65. The van der Waals surface area contributed by atoms with Crippen LogP contribution in [0.2, 0.25) is 0 Å². The van der Waals surface area contributed by atoms with E-state index in [-0.39, 0.29) is 11.5 Å². The Morgan fingerprint density at radius 2 is 1.79 bits per heavy atom. The van der Waals surface area contributed by atoms with Crippen LogP contribution in [0.25, 0.3) is 0 Å². The number of alkyl carbamates (subject to hydrolysis) is 1. The lowest BCUT2D eigenvalue weighted by Gasteiger charge is -2.27. The molecule has 6 heteroatoms. The van der Waals surface area contributed by atoms with Crippen LogP contribution in [-0.2, 0) is 11.3 Å². The summed E-state index contributed by atoms with van der Waals surface area (Å²) in [7, 11) is 0. The molecule has 6 nitrogen and oxygen atoms in total. The lowest BCUT2D eigenvalue weighted by Crippen LogP contribution is -2.41. The van der Waals surface area contributed by atoms with Gasteiger partial charge in [-0.15, -0.1) is 0 Å². The Balaban J connectivity index is 2.50. The number of ether oxygens (including phenoxy) is 1. The van der Waals surface area contributed by atoms with Gasteiger partial charge in [-0.1, -0.05) is 44.2 Å². The molecule has 0 bridgehead atoms. The molecular formula is C22H31N3O3. The van der Waals surface area contributed by atoms with Crippen molar-refractivity contribution in [2.75, 3.05) is 0 Å². The van der Waals surface area contributed by atoms with Crippen molar-refractivity contribution in [2.24, 2.45) is 5.92 Å². The van der Waals surface area contributed by atoms with Gasteiger partial charge in [0.05, 0.1) is 12.6 Å². The lowest BCUT2D eigenvalue weighted by molar-refractivity contribution is 0.0484. The summed E-state index contributed by atoms with van der Waals surface area (Å²) < 4.78 is 7.07. The van der Waals surface area contributed by atoms with Gasteiger partial charge in [0.2, 0.25) is 0 Å². The molecule has 1 aromatic heterocycles. The topological polar surface area (TPSA) is 73.2 Å². The molecule has 0 saturated carbocycles. The standard InChI is InChI=1S/C22H31N3O3/c1-14(2)18(24-21(27)28-22(5,6)7)19-23-16(4)15(3)20(26)25(19)13-17-11-9-8-10-12-17/h8-12,14,18H,13H2,1-7H3,(H,24,27). The maximum atomic E-state index is 13.0. The highest BCUT2D eigenvalue weighted by atomic mass is 16.6. The van der Waals surface area contributed by atoms with Gasteiger partial charge in [0.1, 0.15) is 11.4 Å². The fourth-order valence-corrected chi connectivity index (χ4v) is 2.90. The van der Waals surface area contributed by atoms with Crippen molar-refractivity contribution < 1.29 is 9.53 Å². The summed E-state index contributed by atoms with van der Waals surface area (Å²) in [6, 6.07) is 9.30. The van der Waals surface area contributed by atoms with Gasteiger partial charge in [-0.25, -0.2) is 9.78 Å². The Labute approximate surface area is 167 Å². The average molecular weight is 386 g/mol. The van der Waals surface area contributed by atoms with Crippen LogP contribution in [0.15, 0.2) is 35.1 Å². The molecule has 0 aliphatic rings. The third kappa shape index (κ3) is 5.44. The van der Waals surface area contributed by atoms with Crippen LogP contribution in [0, 0.1) is 19.8 Å². The van der Waals surface area contributed by atoms with E-state index in [0.717, 1.165) is 5.56 Å². The van der Waals surface area contributed by atoms with E-state index in [1.54, 1.807) is 11.5 Å². The van der Waals surface area contributed by atoms with Crippen LogP contribution in [0.4, 0.5) is 4.79 Å². The van der Waals surface area contributed by atoms with E-state index in [1.807, 2.05) is 71.9 Å². The quantitative estimate of drug-likeness (QED) is 0.840. The maximum absolute atomic E-state index is 13.0. The highest BCUT2D eigenvalue weighted by molar-refractivity contribution is 5.68. The van der Waals surface area contributed by atoms with E-state index in [4.69, 9.17) is 9.72 Å². The Morgan fingerprint density at radius 3 is 2.32 bits per heavy atom. The molecule has 0 spiro atoms. The molecule has 2 rings (SSSR count). The van der Waals surface area contributed by atoms with Gasteiger partial charge >= 0.3 is 6.09 Å². The number of hydrogen-bond acceptors (Lipinski definition) is 4. The van der Waals surface area contributed by atoms with Crippen LogP contribution >= 0.6 is 0 Å². The third-order valence-electron chi connectivity index (χ3n) is 4.47. The molecule has 0 aliphatic heterocycles. The lowest BCUT2D eigenvalue weighted by atomic mass is 10.0. The van der Waals surface area contributed by atoms with Crippen LogP contribution < -0.4 is 10.9 Å². The third-order valence-corrected chi connectivity index (χ3v) is 4.47. The molecule has 1 amide bonds. The summed E-state index contributed by atoms with van der Waals surface area (Å²) in [4.78, 5) is 30.1. The normalized spacial score (nSPS) is 12.7. The van der Waals surface area contributed by atoms with Gasteiger partial charge < -0.3 is 10.1 Å². The molecule has 0 saturated heterocycles. The number of nitrogens with zero attached hydrogens (tertiary/aromatic N) is 2. The van der Waals surface area contributed by atoms with Crippen molar-refractivity contribution >= 4 is 6.09 Å². The molecule has 2 aromatic rings. The van der Waals surface area contributed by atoms with Gasteiger partial charge in [0.15, 0.2) is 0 Å². The number of nitrogens with one attached hydrogen (secondary N) is 1. The number of aryl methyl sites for hydroxylation is 1. The molecular weight excluding hydrogens is 354 g/mol. The number of carbonyl (C=O) groups is 1. The second-order valence-electron chi connectivity index (χ2n) is 8.43. The highest BCUT2D eigenvalue weighted by Gasteiger charge is 2.27. The number of benzene rings is 1. The first kappa shape index (κ1) is 21.7. The predicted molar refractivity (Wildman–Crippen MR) is 110 cm³/mol. The molecule has 1 unspecified atom stereocenters. The number of carbonyl (C=O) groups excluding carboxylic acids is 1. The Hall–Kier alpha value is -2.63. The van der Waals surface area contributed by atoms with Crippen LogP contribution in [0.3, 0.4) is 0 Å². The molecule has 28 heavy (non-hydrogen) atoms. The Morgan fingerprint density at radius 1 is 1.18 bits per heavy atom. The highest BCUT2D eigenvalue weighted by Crippen LogP contribution is 2.22. The first-order valence-corrected chi connectivity index (χ1v) is 9.61. The molecule has 1 heterocycles. The summed E-state index contributed by atoms with van der Waals surface area (Å²) in [6.45, 7) is 13.4. The Bertz CT molecular complexity index is 880. The predicted octanol–water partition coefficient (Wildman–Crippen LogP) is 4.13. The van der Waals surface area contributed by atoms with E-state index >= 15 is 0 Å². The molecule has 0 aliphatic carbocycles. The van der Waals surface area contributed by atoms with Gasteiger partial charge in [-0.3, -0.25) is 9.36 Å². The van der Waals surface area contributed by atoms with Crippen molar-refractivity contribution in [3.05, 3.63) is 63.3 Å². The summed E-state index contributed by atoms with van der Waals surface area (Å²) in [5.74, 6) is 0.557. The van der Waals surface area contributed by atoms with Crippen molar-refractivity contribution in [1.82, 2.24) is 14.9 Å². The molecule has 1 N–H and O–H groups in total. The van der Waals surface area contributed by atoms with E-state index in [1.165, 1.54) is 0 Å². The smallest absolute Gasteiger partial charge is 0.408 e. The van der Waals surface area contributed by atoms with Crippen molar-refractivity contribution in [3.63, 3.8) is 0 Å². The first-order valence-electron chi connectivity index (χ1n) is 9.61. The minimum absolute atomic E-state index is 0.0172. The van der Waals surface area contributed by atoms with Gasteiger partial charge in [-0.2, -0.15) is 0 Å². The summed E-state index contributed by atoms with van der Waals surface area (Å²) >= 11 is 0. The summed E-state index contributed by atoms with van der Waals surface area (Å²) in [6.07, 6.45) is -0.523. The zero-order chi connectivity index (χ0) is 21.1. The largest absolute Gasteiger partial charge is 0.444 e. The second-order valence-corrected chi connectivity index (χ2v) is 8.43. The minimum Gasteiger partial charge on any atom is -0.444 e. The number of rotatable bonds is 5. The molecule has 152 valence electrons. The van der Waals surface area contributed by atoms with Gasteiger partial charge in [0, 0.05) is 11.3 Å². The van der Waals surface area contributed by atoms with Crippen molar-refractivity contribution in [1.29, 1.82) is 0 Å².